The largest absolute Gasteiger partial charge is 0.339 e. The molecule has 0 radical (unpaired) electrons. The van der Waals surface area contributed by atoms with E-state index < -0.39 is 6.04 Å². The van der Waals surface area contributed by atoms with Gasteiger partial charge in [-0.15, -0.1) is 0 Å². The first-order valence-corrected chi connectivity index (χ1v) is 7.85. The Hall–Kier alpha value is -2.89. The molecule has 0 saturated heterocycles. The van der Waals surface area contributed by atoms with Crippen molar-refractivity contribution in [1.82, 2.24) is 9.88 Å². The van der Waals surface area contributed by atoms with E-state index in [2.05, 4.69) is 24.5 Å². The van der Waals surface area contributed by atoms with E-state index in [-0.39, 0.29) is 23.9 Å². The van der Waals surface area contributed by atoms with E-state index in [1.165, 1.54) is 10.6 Å². The van der Waals surface area contributed by atoms with E-state index in [0.717, 1.165) is 11.1 Å². The Morgan fingerprint density at radius 1 is 1.25 bits per heavy atom. The number of hydrogen-bond donors (Lipinski definition) is 2. The average molecular weight is 325 g/mol. The van der Waals surface area contributed by atoms with Crippen molar-refractivity contribution < 1.29 is 9.59 Å². The Bertz CT molecular complexity index is 855. The van der Waals surface area contributed by atoms with E-state index in [9.17, 15) is 14.4 Å². The van der Waals surface area contributed by atoms with Crippen molar-refractivity contribution in [2.75, 3.05) is 5.32 Å². The van der Waals surface area contributed by atoms with Gasteiger partial charge < -0.3 is 15.2 Å². The zero-order valence-electron chi connectivity index (χ0n) is 13.6. The summed E-state index contributed by atoms with van der Waals surface area (Å²) in [6.45, 7) is 4.02. The summed E-state index contributed by atoms with van der Waals surface area (Å²) in [5, 5.41) is 5.49. The molecule has 24 heavy (non-hydrogen) atoms. The SMILES string of the molecule is CC(C)c1ccc2c(c1)[C@H](NC(=O)Cn1ccccc1=O)C(=O)N2. The number of hydrogen-bond acceptors (Lipinski definition) is 3. The van der Waals surface area contributed by atoms with Crippen LogP contribution in [0.3, 0.4) is 0 Å². The summed E-state index contributed by atoms with van der Waals surface area (Å²) in [4.78, 5) is 36.1. The Morgan fingerprint density at radius 2 is 2.04 bits per heavy atom. The maximum Gasteiger partial charge on any atom is 0.251 e. The van der Waals surface area contributed by atoms with Crippen LogP contribution >= 0.6 is 0 Å². The topological polar surface area (TPSA) is 80.2 Å². The lowest BCUT2D eigenvalue weighted by molar-refractivity contribution is -0.126. The van der Waals surface area contributed by atoms with Crippen LogP contribution in [0.25, 0.3) is 0 Å². The summed E-state index contributed by atoms with van der Waals surface area (Å²) in [6, 6.07) is 9.72. The third kappa shape index (κ3) is 3.08. The van der Waals surface area contributed by atoms with Crippen molar-refractivity contribution in [3.05, 3.63) is 64.1 Å². The van der Waals surface area contributed by atoms with Crippen LogP contribution in [0.5, 0.6) is 0 Å². The molecule has 1 aliphatic rings. The number of anilines is 1. The van der Waals surface area contributed by atoms with Gasteiger partial charge in [0.25, 0.3) is 11.5 Å². The number of nitrogens with zero attached hydrogens (tertiary/aromatic N) is 1. The highest BCUT2D eigenvalue weighted by Gasteiger charge is 2.32. The summed E-state index contributed by atoms with van der Waals surface area (Å²) >= 11 is 0. The molecule has 1 aromatic carbocycles. The molecule has 1 aromatic heterocycles. The Kier molecular flexibility index (Phi) is 4.20. The molecule has 2 aromatic rings. The van der Waals surface area contributed by atoms with Gasteiger partial charge in [-0.3, -0.25) is 14.4 Å². The van der Waals surface area contributed by atoms with Gasteiger partial charge in [0.15, 0.2) is 0 Å². The van der Waals surface area contributed by atoms with E-state index >= 15 is 0 Å². The summed E-state index contributed by atoms with van der Waals surface area (Å²) in [6.07, 6.45) is 1.54. The molecule has 2 N–H and O–H groups in total. The molecule has 6 nitrogen and oxygen atoms in total. The lowest BCUT2D eigenvalue weighted by atomic mass is 9.98. The van der Waals surface area contributed by atoms with Crippen molar-refractivity contribution in [2.24, 2.45) is 0 Å². The predicted octanol–water partition coefficient (Wildman–Crippen LogP) is 1.78. The third-order valence-corrected chi connectivity index (χ3v) is 4.09. The molecule has 1 aliphatic heterocycles. The van der Waals surface area contributed by atoms with Crippen LogP contribution in [0.1, 0.15) is 36.9 Å². The fraction of sp³-hybridized carbons (Fsp3) is 0.278. The fourth-order valence-electron chi connectivity index (χ4n) is 2.74. The minimum absolute atomic E-state index is 0.122. The van der Waals surface area contributed by atoms with Crippen LogP contribution in [0.15, 0.2) is 47.4 Å². The first-order chi connectivity index (χ1) is 11.5. The number of rotatable bonds is 4. The molecule has 124 valence electrons. The van der Waals surface area contributed by atoms with Gasteiger partial charge in [-0.25, -0.2) is 0 Å². The second-order valence-electron chi connectivity index (χ2n) is 6.16. The number of nitrogens with one attached hydrogen (secondary N) is 2. The summed E-state index contributed by atoms with van der Waals surface area (Å²) in [7, 11) is 0. The van der Waals surface area contributed by atoms with Crippen LogP contribution in [0.4, 0.5) is 5.69 Å². The van der Waals surface area contributed by atoms with Crippen molar-refractivity contribution in [3.8, 4) is 0 Å². The van der Waals surface area contributed by atoms with E-state index in [0.29, 0.717) is 11.6 Å². The zero-order chi connectivity index (χ0) is 17.3. The molecule has 6 heteroatoms. The lowest BCUT2D eigenvalue weighted by Gasteiger charge is -2.14. The van der Waals surface area contributed by atoms with Gasteiger partial charge >= 0.3 is 0 Å². The monoisotopic (exact) mass is 325 g/mol. The van der Waals surface area contributed by atoms with Crippen molar-refractivity contribution in [1.29, 1.82) is 0 Å². The highest BCUT2D eigenvalue weighted by Crippen LogP contribution is 2.33. The van der Waals surface area contributed by atoms with E-state index in [1.54, 1.807) is 18.3 Å². The number of carbonyl (C=O) groups excluding carboxylic acids is 2. The standard InChI is InChI=1S/C18H19N3O3/c1-11(2)12-6-7-14-13(9-12)17(18(24)19-14)20-15(22)10-21-8-4-3-5-16(21)23/h3-9,11,17H,10H2,1-2H3,(H,19,24)(H,20,22)/t17-/m0/s1. The maximum atomic E-state index is 12.2. The molecule has 0 bridgehead atoms. The number of pyridine rings is 1. The molecule has 0 saturated carbocycles. The maximum absolute atomic E-state index is 12.2. The van der Waals surface area contributed by atoms with Gasteiger partial charge in [-0.2, -0.15) is 0 Å². The number of benzene rings is 1. The van der Waals surface area contributed by atoms with Gasteiger partial charge in [0.2, 0.25) is 5.91 Å². The van der Waals surface area contributed by atoms with Crippen LogP contribution in [-0.4, -0.2) is 16.4 Å². The Morgan fingerprint density at radius 3 is 2.75 bits per heavy atom. The second kappa shape index (κ2) is 6.31. The Labute approximate surface area is 139 Å². The van der Waals surface area contributed by atoms with Crippen LogP contribution < -0.4 is 16.2 Å². The number of fused-ring (bicyclic) bond motifs is 1. The molecule has 3 rings (SSSR count). The molecular formula is C18H19N3O3. The average Bonchev–Trinajstić information content (AvgIpc) is 2.85. The minimum Gasteiger partial charge on any atom is -0.339 e. The molecule has 0 aliphatic carbocycles. The molecule has 0 spiro atoms. The van der Waals surface area contributed by atoms with Crippen molar-refractivity contribution in [2.45, 2.75) is 32.4 Å². The number of amides is 2. The van der Waals surface area contributed by atoms with Crippen LogP contribution in [-0.2, 0) is 16.1 Å². The normalized spacial score (nSPS) is 16.0. The molecule has 2 heterocycles. The summed E-state index contributed by atoms with van der Waals surface area (Å²) < 4.78 is 1.30. The smallest absolute Gasteiger partial charge is 0.251 e. The summed E-state index contributed by atoms with van der Waals surface area (Å²) in [5.41, 5.74) is 2.32. The van der Waals surface area contributed by atoms with Crippen molar-refractivity contribution >= 4 is 17.5 Å². The summed E-state index contributed by atoms with van der Waals surface area (Å²) in [5.74, 6) is -0.323. The van der Waals surface area contributed by atoms with Crippen LogP contribution in [0.2, 0.25) is 0 Å². The predicted molar refractivity (Wildman–Crippen MR) is 90.7 cm³/mol. The highest BCUT2D eigenvalue weighted by molar-refractivity contribution is 6.04. The van der Waals surface area contributed by atoms with Gasteiger partial charge in [-0.05, 0) is 23.6 Å². The van der Waals surface area contributed by atoms with E-state index in [4.69, 9.17) is 0 Å². The quantitative estimate of drug-likeness (QED) is 0.899. The molecule has 0 fully saturated rings. The van der Waals surface area contributed by atoms with Gasteiger partial charge in [0.1, 0.15) is 12.6 Å². The van der Waals surface area contributed by atoms with Gasteiger partial charge in [0.05, 0.1) is 0 Å². The lowest BCUT2D eigenvalue weighted by Crippen LogP contribution is -2.37. The van der Waals surface area contributed by atoms with Crippen LogP contribution in [0, 0.1) is 0 Å². The molecule has 2 amide bonds. The molecule has 1 atom stereocenters. The van der Waals surface area contributed by atoms with Crippen molar-refractivity contribution in [3.63, 3.8) is 0 Å². The fourth-order valence-corrected chi connectivity index (χ4v) is 2.74. The number of aromatic nitrogens is 1. The highest BCUT2D eigenvalue weighted by atomic mass is 16.2. The second-order valence-corrected chi connectivity index (χ2v) is 6.16. The zero-order valence-corrected chi connectivity index (χ0v) is 13.6. The Balaban J connectivity index is 1.80. The first-order valence-electron chi connectivity index (χ1n) is 7.85. The van der Waals surface area contributed by atoms with Gasteiger partial charge in [0, 0.05) is 23.5 Å². The number of carbonyl (C=O) groups is 2. The van der Waals surface area contributed by atoms with E-state index in [1.807, 2.05) is 18.2 Å². The minimum atomic E-state index is -0.731. The molecule has 0 unspecified atom stereocenters. The van der Waals surface area contributed by atoms with Gasteiger partial charge in [-0.1, -0.05) is 32.0 Å². The first kappa shape index (κ1) is 16.0. The molecular weight excluding hydrogens is 306 g/mol. The third-order valence-electron chi connectivity index (χ3n) is 4.09.